The third-order valence-electron chi connectivity index (χ3n) is 3.06. The molecule has 106 valence electrons. The Morgan fingerprint density at radius 2 is 2.16 bits per heavy atom. The van der Waals surface area contributed by atoms with Crippen molar-refractivity contribution in [2.24, 2.45) is 0 Å². The van der Waals surface area contributed by atoms with Gasteiger partial charge in [-0.2, -0.15) is 0 Å². The van der Waals surface area contributed by atoms with Gasteiger partial charge in [-0.25, -0.2) is 0 Å². The molecule has 1 amide bonds. The highest BCUT2D eigenvalue weighted by atomic mass is 35.5. The first-order chi connectivity index (χ1) is 8.79. The van der Waals surface area contributed by atoms with Gasteiger partial charge in [-0.15, -0.1) is 12.4 Å². The molecule has 1 atom stereocenters. The number of hydrogen-bond donors (Lipinski definition) is 2. The fourth-order valence-corrected chi connectivity index (χ4v) is 2.11. The molecule has 0 saturated carbocycles. The molecule has 1 heterocycles. The minimum Gasteiger partial charge on any atom is -0.494 e. The van der Waals surface area contributed by atoms with Gasteiger partial charge in [0.2, 0.25) is 0 Å². The Hall–Kier alpha value is -1.26. The molecule has 1 aliphatic rings. The maximum atomic E-state index is 12.0. The Morgan fingerprint density at radius 1 is 1.42 bits per heavy atom. The molecular formula is C14H21ClN2O2. The second-order valence-corrected chi connectivity index (χ2v) is 4.47. The van der Waals surface area contributed by atoms with Crippen LogP contribution in [0.25, 0.3) is 0 Å². The fourth-order valence-electron chi connectivity index (χ4n) is 2.11. The first-order valence-electron chi connectivity index (χ1n) is 6.54. The van der Waals surface area contributed by atoms with E-state index in [0.29, 0.717) is 12.2 Å². The average Bonchev–Trinajstić information content (AvgIpc) is 2.41. The van der Waals surface area contributed by atoms with Gasteiger partial charge < -0.3 is 15.4 Å². The lowest BCUT2D eigenvalue weighted by molar-refractivity contribution is 0.0930. The molecule has 0 unspecified atom stereocenters. The lowest BCUT2D eigenvalue weighted by Crippen LogP contribution is -2.45. The summed E-state index contributed by atoms with van der Waals surface area (Å²) in [4.78, 5) is 12.0. The van der Waals surface area contributed by atoms with Gasteiger partial charge in [0.15, 0.2) is 0 Å². The van der Waals surface area contributed by atoms with Crippen molar-refractivity contribution < 1.29 is 9.53 Å². The van der Waals surface area contributed by atoms with Gasteiger partial charge in [-0.3, -0.25) is 4.79 Å². The van der Waals surface area contributed by atoms with Crippen LogP contribution >= 0.6 is 12.4 Å². The highest BCUT2D eigenvalue weighted by molar-refractivity contribution is 5.94. The number of carbonyl (C=O) groups excluding carboxylic acids is 1. The number of nitrogens with one attached hydrogen (secondary N) is 2. The number of piperidine rings is 1. The van der Waals surface area contributed by atoms with E-state index >= 15 is 0 Å². The van der Waals surface area contributed by atoms with Gasteiger partial charge in [-0.05, 0) is 50.6 Å². The van der Waals surface area contributed by atoms with Crippen molar-refractivity contribution in [1.29, 1.82) is 0 Å². The summed E-state index contributed by atoms with van der Waals surface area (Å²) in [6, 6.07) is 7.51. The summed E-state index contributed by atoms with van der Waals surface area (Å²) in [6.07, 6.45) is 2.17. The second kappa shape index (κ2) is 8.02. The Labute approximate surface area is 120 Å². The van der Waals surface area contributed by atoms with E-state index in [0.717, 1.165) is 31.7 Å². The van der Waals surface area contributed by atoms with Crippen molar-refractivity contribution in [3.8, 4) is 5.75 Å². The lowest BCUT2D eigenvalue weighted by Gasteiger charge is -2.23. The first kappa shape index (κ1) is 15.8. The van der Waals surface area contributed by atoms with E-state index in [1.54, 1.807) is 12.1 Å². The zero-order chi connectivity index (χ0) is 12.8. The predicted molar refractivity (Wildman–Crippen MR) is 78.2 cm³/mol. The maximum Gasteiger partial charge on any atom is 0.251 e. The van der Waals surface area contributed by atoms with Crippen LogP contribution in [0.1, 0.15) is 30.1 Å². The molecule has 1 aromatic carbocycles. The number of rotatable bonds is 4. The molecule has 2 N–H and O–H groups in total. The molecule has 0 aliphatic carbocycles. The summed E-state index contributed by atoms with van der Waals surface area (Å²) in [5.41, 5.74) is 0.684. The molecule has 4 nitrogen and oxygen atoms in total. The van der Waals surface area contributed by atoms with Gasteiger partial charge in [0, 0.05) is 18.2 Å². The minimum absolute atomic E-state index is 0. The highest BCUT2D eigenvalue weighted by Crippen LogP contribution is 2.12. The second-order valence-electron chi connectivity index (χ2n) is 4.47. The number of halogens is 1. The summed E-state index contributed by atoms with van der Waals surface area (Å²) in [6.45, 7) is 4.49. The molecule has 0 bridgehead atoms. The van der Waals surface area contributed by atoms with Crippen LogP contribution in [0.3, 0.4) is 0 Å². The lowest BCUT2D eigenvalue weighted by atomic mass is 10.1. The van der Waals surface area contributed by atoms with Crippen molar-refractivity contribution in [2.75, 3.05) is 19.7 Å². The Balaban J connectivity index is 0.00000180. The van der Waals surface area contributed by atoms with E-state index in [4.69, 9.17) is 4.74 Å². The summed E-state index contributed by atoms with van der Waals surface area (Å²) < 4.78 is 5.35. The van der Waals surface area contributed by atoms with E-state index < -0.39 is 0 Å². The smallest absolute Gasteiger partial charge is 0.251 e. The molecule has 0 radical (unpaired) electrons. The molecule has 1 aromatic rings. The number of carbonyl (C=O) groups is 1. The van der Waals surface area contributed by atoms with Crippen molar-refractivity contribution in [2.45, 2.75) is 25.8 Å². The number of benzene rings is 1. The van der Waals surface area contributed by atoms with Crippen LogP contribution in [-0.2, 0) is 0 Å². The molecule has 1 fully saturated rings. The number of amides is 1. The Kier molecular flexibility index (Phi) is 6.67. The highest BCUT2D eigenvalue weighted by Gasteiger charge is 2.16. The van der Waals surface area contributed by atoms with Crippen LogP contribution < -0.4 is 15.4 Å². The van der Waals surface area contributed by atoms with Crippen LogP contribution in [0, 0.1) is 0 Å². The normalized spacial score (nSPS) is 18.3. The zero-order valence-corrected chi connectivity index (χ0v) is 12.0. The van der Waals surface area contributed by atoms with Gasteiger partial charge >= 0.3 is 0 Å². The van der Waals surface area contributed by atoms with Gasteiger partial charge in [0.25, 0.3) is 5.91 Å². The molecule has 5 heteroatoms. The Bertz CT molecular complexity index is 389. The van der Waals surface area contributed by atoms with Crippen LogP contribution in [0.5, 0.6) is 5.75 Å². The van der Waals surface area contributed by atoms with E-state index in [9.17, 15) is 4.79 Å². The van der Waals surface area contributed by atoms with E-state index in [2.05, 4.69) is 10.6 Å². The summed E-state index contributed by atoms with van der Waals surface area (Å²) in [5, 5.41) is 6.33. The molecule has 1 saturated heterocycles. The van der Waals surface area contributed by atoms with Crippen molar-refractivity contribution in [3.05, 3.63) is 29.8 Å². The van der Waals surface area contributed by atoms with Crippen LogP contribution in [0.4, 0.5) is 0 Å². The molecule has 1 aliphatic heterocycles. The summed E-state index contributed by atoms with van der Waals surface area (Å²) in [5.74, 6) is 0.792. The van der Waals surface area contributed by atoms with Gasteiger partial charge in [0.1, 0.15) is 5.75 Å². The zero-order valence-electron chi connectivity index (χ0n) is 11.1. The van der Waals surface area contributed by atoms with Crippen molar-refractivity contribution in [3.63, 3.8) is 0 Å². The molecule has 19 heavy (non-hydrogen) atoms. The SMILES string of the molecule is CCOc1ccc(C(=O)N[C@H]2CCCNC2)cc1.Cl. The van der Waals surface area contributed by atoms with Gasteiger partial charge in [-0.1, -0.05) is 0 Å². The predicted octanol–water partition coefficient (Wildman–Crippen LogP) is 1.99. The van der Waals surface area contributed by atoms with E-state index in [-0.39, 0.29) is 24.4 Å². The monoisotopic (exact) mass is 284 g/mol. The summed E-state index contributed by atoms with van der Waals surface area (Å²) in [7, 11) is 0. The van der Waals surface area contributed by atoms with E-state index in [1.165, 1.54) is 0 Å². The summed E-state index contributed by atoms with van der Waals surface area (Å²) >= 11 is 0. The quantitative estimate of drug-likeness (QED) is 0.889. The van der Waals surface area contributed by atoms with Crippen LogP contribution in [0.2, 0.25) is 0 Å². The first-order valence-corrected chi connectivity index (χ1v) is 6.54. The number of ether oxygens (including phenoxy) is 1. The average molecular weight is 285 g/mol. The van der Waals surface area contributed by atoms with Gasteiger partial charge in [0.05, 0.1) is 6.61 Å². The van der Waals surface area contributed by atoms with Crippen LogP contribution in [-0.4, -0.2) is 31.6 Å². The van der Waals surface area contributed by atoms with E-state index in [1.807, 2.05) is 19.1 Å². The fraction of sp³-hybridized carbons (Fsp3) is 0.500. The Morgan fingerprint density at radius 3 is 2.74 bits per heavy atom. The molecule has 2 rings (SSSR count). The molecule has 0 aromatic heterocycles. The third-order valence-corrected chi connectivity index (χ3v) is 3.06. The van der Waals surface area contributed by atoms with Crippen molar-refractivity contribution in [1.82, 2.24) is 10.6 Å². The minimum atomic E-state index is -0.00764. The third kappa shape index (κ3) is 4.73. The standard InChI is InChI=1S/C14H20N2O2.ClH/c1-2-18-13-7-5-11(6-8-13)14(17)16-12-4-3-9-15-10-12;/h5-8,12,15H,2-4,9-10H2,1H3,(H,16,17);1H/t12-;/m0./s1. The molecule has 0 spiro atoms. The number of hydrogen-bond acceptors (Lipinski definition) is 3. The topological polar surface area (TPSA) is 50.4 Å². The van der Waals surface area contributed by atoms with Crippen LogP contribution in [0.15, 0.2) is 24.3 Å². The largest absolute Gasteiger partial charge is 0.494 e. The van der Waals surface area contributed by atoms with Crippen molar-refractivity contribution >= 4 is 18.3 Å². The molecular weight excluding hydrogens is 264 g/mol. The maximum absolute atomic E-state index is 12.0.